The largest absolute Gasteiger partial charge is 0.480 e. The second-order valence-electron chi connectivity index (χ2n) is 3.87. The molecule has 1 heterocycles. The lowest BCUT2D eigenvalue weighted by Gasteiger charge is -2.08. The molecule has 0 aliphatic rings. The maximum absolute atomic E-state index is 11.6. The summed E-state index contributed by atoms with van der Waals surface area (Å²) < 4.78 is 4.67. The Labute approximate surface area is 98.8 Å². The normalized spacial score (nSPS) is 12.2. The van der Waals surface area contributed by atoms with Crippen molar-refractivity contribution in [3.05, 3.63) is 22.5 Å². The van der Waals surface area contributed by atoms with Crippen LogP contribution >= 0.6 is 0 Å². The number of aryl methyl sites for hydroxylation is 2. The molecule has 94 valence electrons. The standard InChI is InChI=1S/C11H16N2O4/c1-5-7(4-8(12)10(14)15)9(6(2)13-5)11(16)17-3/h8,13H,4,12H2,1-3H3,(H,14,15). The SMILES string of the molecule is COC(=O)c1c(C)[nH]c(C)c1CC(N)C(=O)O. The van der Waals surface area contributed by atoms with Gasteiger partial charge in [0.05, 0.1) is 12.7 Å². The van der Waals surface area contributed by atoms with Crippen LogP contribution in [-0.4, -0.2) is 35.2 Å². The third kappa shape index (κ3) is 2.65. The minimum Gasteiger partial charge on any atom is -0.480 e. The van der Waals surface area contributed by atoms with Gasteiger partial charge in [0, 0.05) is 17.8 Å². The van der Waals surface area contributed by atoms with Crippen LogP contribution in [0.2, 0.25) is 0 Å². The monoisotopic (exact) mass is 240 g/mol. The number of carboxylic acid groups (broad SMARTS) is 1. The molecule has 6 heteroatoms. The number of carbonyl (C=O) groups excluding carboxylic acids is 1. The molecule has 1 atom stereocenters. The fourth-order valence-corrected chi connectivity index (χ4v) is 1.77. The molecule has 0 saturated heterocycles. The first-order chi connectivity index (χ1) is 7.88. The summed E-state index contributed by atoms with van der Waals surface area (Å²) in [6, 6.07) is -1.03. The number of aromatic amines is 1. The van der Waals surface area contributed by atoms with Crippen LogP contribution < -0.4 is 5.73 Å². The predicted molar refractivity (Wildman–Crippen MR) is 60.9 cm³/mol. The first-order valence-electron chi connectivity index (χ1n) is 5.13. The number of esters is 1. The van der Waals surface area contributed by atoms with Crippen molar-refractivity contribution in [2.75, 3.05) is 7.11 Å². The Morgan fingerprint density at radius 2 is 2.00 bits per heavy atom. The van der Waals surface area contributed by atoms with Crippen LogP contribution in [0.3, 0.4) is 0 Å². The first-order valence-corrected chi connectivity index (χ1v) is 5.13. The van der Waals surface area contributed by atoms with Crippen LogP contribution in [0.25, 0.3) is 0 Å². The number of hydrogen-bond donors (Lipinski definition) is 3. The van der Waals surface area contributed by atoms with Gasteiger partial charge in [0.25, 0.3) is 0 Å². The Hall–Kier alpha value is -1.82. The second kappa shape index (κ2) is 5.01. The van der Waals surface area contributed by atoms with Gasteiger partial charge in [-0.15, -0.1) is 0 Å². The van der Waals surface area contributed by atoms with Gasteiger partial charge in [-0.1, -0.05) is 0 Å². The van der Waals surface area contributed by atoms with Crippen molar-refractivity contribution in [1.29, 1.82) is 0 Å². The molecule has 1 unspecified atom stereocenters. The van der Waals surface area contributed by atoms with E-state index in [0.717, 1.165) is 5.69 Å². The number of aromatic nitrogens is 1. The average molecular weight is 240 g/mol. The third-order valence-corrected chi connectivity index (χ3v) is 2.64. The molecule has 0 fully saturated rings. The number of H-pyrrole nitrogens is 1. The summed E-state index contributed by atoms with van der Waals surface area (Å²) in [6.07, 6.45) is 0.0932. The summed E-state index contributed by atoms with van der Waals surface area (Å²) >= 11 is 0. The van der Waals surface area contributed by atoms with Crippen LogP contribution in [0.5, 0.6) is 0 Å². The van der Waals surface area contributed by atoms with E-state index in [0.29, 0.717) is 16.8 Å². The number of carboxylic acids is 1. The Morgan fingerprint density at radius 3 is 2.47 bits per heavy atom. The van der Waals surface area contributed by atoms with Gasteiger partial charge in [-0.05, 0) is 19.4 Å². The fraction of sp³-hybridized carbons (Fsp3) is 0.455. The van der Waals surface area contributed by atoms with Crippen molar-refractivity contribution in [3.8, 4) is 0 Å². The summed E-state index contributed by atoms with van der Waals surface area (Å²) in [5, 5.41) is 8.78. The van der Waals surface area contributed by atoms with Crippen molar-refractivity contribution < 1.29 is 19.4 Å². The van der Waals surface area contributed by atoms with Crippen LogP contribution in [0.4, 0.5) is 0 Å². The molecule has 0 spiro atoms. The number of carbonyl (C=O) groups is 2. The lowest BCUT2D eigenvalue weighted by molar-refractivity contribution is -0.138. The van der Waals surface area contributed by atoms with E-state index in [1.54, 1.807) is 13.8 Å². The lowest BCUT2D eigenvalue weighted by atomic mass is 10.0. The average Bonchev–Trinajstić information content (AvgIpc) is 2.53. The van der Waals surface area contributed by atoms with Crippen molar-refractivity contribution in [3.63, 3.8) is 0 Å². The van der Waals surface area contributed by atoms with Gasteiger partial charge in [0.2, 0.25) is 0 Å². The third-order valence-electron chi connectivity index (χ3n) is 2.64. The zero-order chi connectivity index (χ0) is 13.2. The van der Waals surface area contributed by atoms with E-state index >= 15 is 0 Å². The maximum atomic E-state index is 11.6. The number of aliphatic carboxylic acids is 1. The van der Waals surface area contributed by atoms with Gasteiger partial charge in [-0.2, -0.15) is 0 Å². The van der Waals surface area contributed by atoms with Gasteiger partial charge >= 0.3 is 11.9 Å². The molecule has 0 radical (unpaired) electrons. The molecule has 17 heavy (non-hydrogen) atoms. The van der Waals surface area contributed by atoms with Gasteiger partial charge in [0.15, 0.2) is 0 Å². The van der Waals surface area contributed by atoms with Crippen LogP contribution in [0, 0.1) is 13.8 Å². The fourth-order valence-electron chi connectivity index (χ4n) is 1.77. The molecule has 0 bridgehead atoms. The number of methoxy groups -OCH3 is 1. The van der Waals surface area contributed by atoms with Crippen molar-refractivity contribution in [1.82, 2.24) is 4.98 Å². The van der Waals surface area contributed by atoms with Crippen molar-refractivity contribution in [2.24, 2.45) is 5.73 Å². The Morgan fingerprint density at radius 1 is 1.41 bits per heavy atom. The van der Waals surface area contributed by atoms with E-state index in [9.17, 15) is 9.59 Å². The molecule has 6 nitrogen and oxygen atoms in total. The zero-order valence-corrected chi connectivity index (χ0v) is 10.0. The highest BCUT2D eigenvalue weighted by Crippen LogP contribution is 2.20. The van der Waals surface area contributed by atoms with E-state index in [1.807, 2.05) is 0 Å². The molecular formula is C11H16N2O4. The number of rotatable bonds is 4. The van der Waals surface area contributed by atoms with E-state index in [-0.39, 0.29) is 6.42 Å². The molecular weight excluding hydrogens is 224 g/mol. The van der Waals surface area contributed by atoms with Crippen molar-refractivity contribution >= 4 is 11.9 Å². The molecule has 0 aliphatic carbocycles. The summed E-state index contributed by atoms with van der Waals surface area (Å²) in [5.41, 5.74) is 7.84. The zero-order valence-electron chi connectivity index (χ0n) is 10.0. The Balaban J connectivity index is 3.14. The second-order valence-corrected chi connectivity index (χ2v) is 3.87. The van der Waals surface area contributed by atoms with Crippen LogP contribution in [-0.2, 0) is 16.0 Å². The summed E-state index contributed by atoms with van der Waals surface area (Å²) in [5.74, 6) is -1.58. The lowest BCUT2D eigenvalue weighted by Crippen LogP contribution is -2.32. The highest BCUT2D eigenvalue weighted by Gasteiger charge is 2.23. The Kier molecular flexibility index (Phi) is 3.90. The van der Waals surface area contributed by atoms with Crippen LogP contribution in [0.1, 0.15) is 27.3 Å². The molecule has 0 saturated carbocycles. The molecule has 0 aromatic carbocycles. The minimum absolute atomic E-state index is 0.0932. The van der Waals surface area contributed by atoms with Gasteiger partial charge in [-0.3, -0.25) is 4.79 Å². The summed E-state index contributed by atoms with van der Waals surface area (Å²) in [7, 11) is 1.28. The van der Waals surface area contributed by atoms with Crippen LogP contribution in [0.15, 0.2) is 0 Å². The number of nitrogens with two attached hydrogens (primary N) is 1. The molecule has 1 rings (SSSR count). The van der Waals surface area contributed by atoms with E-state index in [1.165, 1.54) is 7.11 Å². The van der Waals surface area contributed by atoms with Crippen molar-refractivity contribution in [2.45, 2.75) is 26.3 Å². The minimum atomic E-state index is -1.10. The number of hydrogen-bond acceptors (Lipinski definition) is 4. The number of nitrogens with one attached hydrogen (secondary N) is 1. The summed E-state index contributed by atoms with van der Waals surface area (Å²) in [6.45, 7) is 3.50. The molecule has 0 aliphatic heterocycles. The van der Waals surface area contributed by atoms with Gasteiger partial charge in [0.1, 0.15) is 6.04 Å². The molecule has 1 aromatic rings. The Bertz CT molecular complexity index is 451. The predicted octanol–water partition coefficient (Wildman–Crippen LogP) is 0.373. The van der Waals surface area contributed by atoms with Gasteiger partial charge in [-0.25, -0.2) is 4.79 Å². The molecule has 1 aromatic heterocycles. The highest BCUT2D eigenvalue weighted by molar-refractivity contribution is 5.93. The van der Waals surface area contributed by atoms with E-state index in [4.69, 9.17) is 10.8 Å². The van der Waals surface area contributed by atoms with E-state index in [2.05, 4.69) is 9.72 Å². The quantitative estimate of drug-likeness (QED) is 0.659. The van der Waals surface area contributed by atoms with E-state index < -0.39 is 18.0 Å². The first kappa shape index (κ1) is 13.2. The van der Waals surface area contributed by atoms with Gasteiger partial charge < -0.3 is 20.6 Å². The smallest absolute Gasteiger partial charge is 0.339 e. The number of ether oxygens (including phenoxy) is 1. The molecule has 0 amide bonds. The maximum Gasteiger partial charge on any atom is 0.339 e. The highest BCUT2D eigenvalue weighted by atomic mass is 16.5. The summed E-state index contributed by atoms with van der Waals surface area (Å²) in [4.78, 5) is 25.3. The molecule has 4 N–H and O–H groups in total. The topological polar surface area (TPSA) is 105 Å².